The Morgan fingerprint density at radius 1 is 0.917 bits per heavy atom. The van der Waals surface area contributed by atoms with Crippen LogP contribution < -0.4 is 9.47 Å². The predicted molar refractivity (Wildman–Crippen MR) is 125 cm³/mol. The zero-order valence-electron chi connectivity index (χ0n) is 19.4. The highest BCUT2D eigenvalue weighted by molar-refractivity contribution is 6.46. The second kappa shape index (κ2) is 9.77. The van der Waals surface area contributed by atoms with E-state index in [1.54, 1.807) is 36.4 Å². The molecule has 9 heteroatoms. The van der Waals surface area contributed by atoms with Crippen molar-refractivity contribution in [3.63, 3.8) is 0 Å². The molecular formula is C27H22F3NO5. The van der Waals surface area contributed by atoms with Crippen molar-refractivity contribution in [2.45, 2.75) is 18.8 Å². The summed E-state index contributed by atoms with van der Waals surface area (Å²) < 4.78 is 50.2. The number of rotatable bonds is 6. The molecule has 186 valence electrons. The number of hydrogen-bond donors (Lipinski definition) is 1. The van der Waals surface area contributed by atoms with Crippen molar-refractivity contribution < 1.29 is 37.3 Å². The first-order chi connectivity index (χ1) is 17.1. The van der Waals surface area contributed by atoms with E-state index in [1.165, 1.54) is 38.5 Å². The van der Waals surface area contributed by atoms with Gasteiger partial charge in [0.15, 0.2) is 0 Å². The third kappa shape index (κ3) is 4.77. The van der Waals surface area contributed by atoms with Gasteiger partial charge in [0.2, 0.25) is 0 Å². The number of carbonyl (C=O) groups is 2. The zero-order chi connectivity index (χ0) is 26.0. The van der Waals surface area contributed by atoms with Crippen LogP contribution in [0.3, 0.4) is 0 Å². The van der Waals surface area contributed by atoms with Crippen LogP contribution in [0.25, 0.3) is 5.76 Å². The molecule has 0 spiro atoms. The van der Waals surface area contributed by atoms with Crippen LogP contribution in [-0.4, -0.2) is 35.9 Å². The van der Waals surface area contributed by atoms with Crippen LogP contribution >= 0.6 is 0 Å². The second-order valence-electron chi connectivity index (χ2n) is 8.13. The quantitative estimate of drug-likeness (QED) is 0.283. The minimum absolute atomic E-state index is 0.176. The summed E-state index contributed by atoms with van der Waals surface area (Å²) in [6.45, 7) is -0.282. The average Bonchev–Trinajstić information content (AvgIpc) is 3.13. The van der Waals surface area contributed by atoms with Crippen LogP contribution in [0.4, 0.5) is 13.2 Å². The van der Waals surface area contributed by atoms with Crippen LogP contribution in [0.2, 0.25) is 0 Å². The molecule has 1 atom stereocenters. The van der Waals surface area contributed by atoms with E-state index >= 15 is 0 Å². The van der Waals surface area contributed by atoms with Gasteiger partial charge in [0.05, 0.1) is 31.4 Å². The molecule has 6 nitrogen and oxygen atoms in total. The topological polar surface area (TPSA) is 76.1 Å². The molecule has 3 aromatic rings. The van der Waals surface area contributed by atoms with Crippen molar-refractivity contribution in [1.29, 1.82) is 0 Å². The first-order valence-electron chi connectivity index (χ1n) is 10.9. The van der Waals surface area contributed by atoms with E-state index in [2.05, 4.69) is 0 Å². The molecule has 0 radical (unpaired) electrons. The number of halogens is 3. The monoisotopic (exact) mass is 497 g/mol. The number of hydrogen-bond acceptors (Lipinski definition) is 5. The summed E-state index contributed by atoms with van der Waals surface area (Å²) in [5, 5.41) is 11.1. The molecule has 36 heavy (non-hydrogen) atoms. The number of aliphatic hydroxyl groups is 1. The van der Waals surface area contributed by atoms with E-state index in [-0.39, 0.29) is 23.2 Å². The minimum Gasteiger partial charge on any atom is -0.507 e. The maximum atomic E-state index is 13.3. The molecule has 0 saturated carbocycles. The molecule has 4 rings (SSSR count). The molecule has 1 heterocycles. The summed E-state index contributed by atoms with van der Waals surface area (Å²) >= 11 is 0. The molecule has 1 fully saturated rings. The molecule has 1 unspecified atom stereocenters. The molecule has 1 aliphatic rings. The van der Waals surface area contributed by atoms with Gasteiger partial charge in [0, 0.05) is 12.1 Å². The number of amides is 1. The van der Waals surface area contributed by atoms with Crippen molar-refractivity contribution in [2.75, 3.05) is 14.2 Å². The number of aliphatic hydroxyl groups excluding tert-OH is 1. The van der Waals surface area contributed by atoms with Crippen molar-refractivity contribution in [3.05, 3.63) is 101 Å². The van der Waals surface area contributed by atoms with Crippen LogP contribution in [-0.2, 0) is 22.3 Å². The fourth-order valence-electron chi connectivity index (χ4n) is 4.15. The number of alkyl halides is 3. The summed E-state index contributed by atoms with van der Waals surface area (Å²) in [4.78, 5) is 27.5. The standard InChI is InChI=1S/C27H22F3NO5/c1-35-20-11-9-17(10-12-20)24(32)22-23(18-6-4-8-21(14-18)36-2)31(26(34)25(22)33)15-16-5-3-7-19(13-16)27(28,29)30/h3-14,23,32H,15H2,1-2H3/b24-22+. The number of carbonyl (C=O) groups excluding carboxylic acids is 2. The van der Waals surface area contributed by atoms with Crippen molar-refractivity contribution in [3.8, 4) is 11.5 Å². The summed E-state index contributed by atoms with van der Waals surface area (Å²) in [6, 6.07) is 16.3. The molecular weight excluding hydrogens is 475 g/mol. The van der Waals surface area contributed by atoms with Crippen LogP contribution in [0.5, 0.6) is 11.5 Å². The first-order valence-corrected chi connectivity index (χ1v) is 10.9. The Hall–Kier alpha value is -4.27. The van der Waals surface area contributed by atoms with Crippen molar-refractivity contribution in [2.24, 2.45) is 0 Å². The Labute approximate surface area is 205 Å². The molecule has 3 aromatic carbocycles. The summed E-state index contributed by atoms with van der Waals surface area (Å²) in [7, 11) is 2.94. The van der Waals surface area contributed by atoms with E-state index in [0.29, 0.717) is 17.1 Å². The number of methoxy groups -OCH3 is 2. The van der Waals surface area contributed by atoms with Gasteiger partial charge in [-0.05, 0) is 59.7 Å². The maximum Gasteiger partial charge on any atom is 0.416 e. The summed E-state index contributed by atoms with van der Waals surface area (Å²) in [5.41, 5.74) is -0.126. The summed E-state index contributed by atoms with van der Waals surface area (Å²) in [6.07, 6.45) is -4.56. The third-order valence-electron chi connectivity index (χ3n) is 5.92. The Bertz CT molecular complexity index is 1330. The second-order valence-corrected chi connectivity index (χ2v) is 8.13. The van der Waals surface area contributed by atoms with E-state index in [4.69, 9.17) is 9.47 Å². The lowest BCUT2D eigenvalue weighted by Crippen LogP contribution is -2.29. The fourth-order valence-corrected chi connectivity index (χ4v) is 4.15. The highest BCUT2D eigenvalue weighted by Gasteiger charge is 2.46. The lowest BCUT2D eigenvalue weighted by atomic mass is 9.95. The molecule has 1 saturated heterocycles. The Balaban J connectivity index is 1.84. The van der Waals surface area contributed by atoms with Gasteiger partial charge in [0.1, 0.15) is 17.3 Å². The van der Waals surface area contributed by atoms with Gasteiger partial charge < -0.3 is 19.5 Å². The SMILES string of the molecule is COc1ccc(/C(O)=C2\C(=O)C(=O)N(Cc3cccc(C(F)(F)F)c3)C2c2cccc(OC)c2)cc1. The molecule has 1 amide bonds. The molecule has 0 aromatic heterocycles. The van der Waals surface area contributed by atoms with Crippen LogP contribution in [0.15, 0.2) is 78.4 Å². The zero-order valence-corrected chi connectivity index (χ0v) is 19.4. The highest BCUT2D eigenvalue weighted by atomic mass is 19.4. The number of ether oxygens (including phenoxy) is 2. The Kier molecular flexibility index (Phi) is 6.74. The lowest BCUT2D eigenvalue weighted by Gasteiger charge is -2.26. The predicted octanol–water partition coefficient (Wildman–Crippen LogP) is 5.34. The van der Waals surface area contributed by atoms with E-state index in [0.717, 1.165) is 17.0 Å². The molecule has 0 bridgehead atoms. The number of likely N-dealkylation sites (tertiary alicyclic amines) is 1. The van der Waals surface area contributed by atoms with Gasteiger partial charge in [-0.1, -0.05) is 24.3 Å². The number of Topliss-reactive ketones (excluding diaryl/α,β-unsaturated/α-hetero) is 1. The van der Waals surface area contributed by atoms with Gasteiger partial charge in [0.25, 0.3) is 11.7 Å². The van der Waals surface area contributed by atoms with E-state index < -0.39 is 35.2 Å². The number of nitrogens with zero attached hydrogens (tertiary/aromatic N) is 1. The average molecular weight is 497 g/mol. The van der Waals surface area contributed by atoms with Gasteiger partial charge in [-0.25, -0.2) is 0 Å². The largest absolute Gasteiger partial charge is 0.507 e. The Morgan fingerprint density at radius 2 is 1.58 bits per heavy atom. The van der Waals surface area contributed by atoms with Crippen molar-refractivity contribution in [1.82, 2.24) is 4.90 Å². The highest BCUT2D eigenvalue weighted by Crippen LogP contribution is 2.41. The summed E-state index contributed by atoms with van der Waals surface area (Å²) in [5.74, 6) is -1.31. The molecule has 1 N–H and O–H groups in total. The van der Waals surface area contributed by atoms with Gasteiger partial charge in [-0.2, -0.15) is 13.2 Å². The number of ketones is 1. The molecule has 0 aliphatic carbocycles. The lowest BCUT2D eigenvalue weighted by molar-refractivity contribution is -0.140. The minimum atomic E-state index is -4.56. The maximum absolute atomic E-state index is 13.3. The normalized spacial score (nSPS) is 17.4. The van der Waals surface area contributed by atoms with Gasteiger partial charge in [-0.3, -0.25) is 9.59 Å². The third-order valence-corrected chi connectivity index (χ3v) is 5.92. The number of benzene rings is 3. The molecule has 1 aliphatic heterocycles. The fraction of sp³-hybridized carbons (Fsp3) is 0.185. The first kappa shape index (κ1) is 24.8. The smallest absolute Gasteiger partial charge is 0.416 e. The van der Waals surface area contributed by atoms with Crippen LogP contribution in [0, 0.1) is 0 Å². The Morgan fingerprint density at radius 3 is 2.22 bits per heavy atom. The van der Waals surface area contributed by atoms with E-state index in [1.807, 2.05) is 0 Å². The van der Waals surface area contributed by atoms with Gasteiger partial charge >= 0.3 is 6.18 Å². The van der Waals surface area contributed by atoms with Crippen LogP contribution in [0.1, 0.15) is 28.3 Å². The van der Waals surface area contributed by atoms with E-state index in [9.17, 15) is 27.9 Å². The van der Waals surface area contributed by atoms with Gasteiger partial charge in [-0.15, -0.1) is 0 Å². The van der Waals surface area contributed by atoms with Crippen molar-refractivity contribution >= 4 is 17.4 Å².